The molecule has 132 valence electrons. The first-order valence-corrected chi connectivity index (χ1v) is 8.86. The van der Waals surface area contributed by atoms with Gasteiger partial charge in [-0.1, -0.05) is 13.8 Å². The second-order valence-electron chi connectivity index (χ2n) is 6.91. The minimum absolute atomic E-state index is 0.0600. The normalized spacial score (nSPS) is 14.1. The summed E-state index contributed by atoms with van der Waals surface area (Å²) in [5.41, 5.74) is 1.98. The van der Waals surface area contributed by atoms with Crippen LogP contribution in [-0.4, -0.2) is 42.9 Å². The van der Waals surface area contributed by atoms with Gasteiger partial charge in [-0.05, 0) is 49.4 Å². The average Bonchev–Trinajstić information content (AvgIpc) is 3.06. The van der Waals surface area contributed by atoms with Crippen molar-refractivity contribution in [1.82, 2.24) is 4.90 Å². The Labute approximate surface area is 145 Å². The minimum Gasteiger partial charge on any atom is -0.372 e. The monoisotopic (exact) mass is 331 g/mol. The van der Waals surface area contributed by atoms with Gasteiger partial charge in [-0.15, -0.1) is 0 Å². The molecule has 1 aliphatic heterocycles. The largest absolute Gasteiger partial charge is 0.372 e. The summed E-state index contributed by atoms with van der Waals surface area (Å²) < 4.78 is 0. The fraction of sp³-hybridized carbons (Fsp3) is 0.579. The lowest BCUT2D eigenvalue weighted by Gasteiger charge is -2.22. The molecule has 0 saturated carbocycles. The van der Waals surface area contributed by atoms with E-state index in [1.54, 1.807) is 4.90 Å². The molecule has 1 saturated heterocycles. The van der Waals surface area contributed by atoms with Gasteiger partial charge < -0.3 is 15.1 Å². The van der Waals surface area contributed by atoms with Crippen LogP contribution >= 0.6 is 0 Å². The van der Waals surface area contributed by atoms with Gasteiger partial charge in [0.15, 0.2) is 0 Å². The third kappa shape index (κ3) is 5.55. The van der Waals surface area contributed by atoms with E-state index in [1.807, 2.05) is 24.3 Å². The van der Waals surface area contributed by atoms with Crippen LogP contribution in [0.5, 0.6) is 0 Å². The molecule has 0 unspecified atom stereocenters. The van der Waals surface area contributed by atoms with E-state index in [4.69, 9.17) is 0 Å². The van der Waals surface area contributed by atoms with E-state index in [-0.39, 0.29) is 18.4 Å². The molecular formula is C19H29N3O2. The van der Waals surface area contributed by atoms with Crippen LogP contribution in [0.3, 0.4) is 0 Å². The number of rotatable bonds is 7. The molecule has 0 spiro atoms. The first-order chi connectivity index (χ1) is 11.5. The minimum atomic E-state index is -0.150. The van der Waals surface area contributed by atoms with Gasteiger partial charge >= 0.3 is 0 Å². The number of nitrogens with one attached hydrogen (secondary N) is 1. The van der Waals surface area contributed by atoms with Crippen molar-refractivity contribution < 1.29 is 9.59 Å². The molecular weight excluding hydrogens is 302 g/mol. The molecule has 5 heteroatoms. The van der Waals surface area contributed by atoms with Gasteiger partial charge in [-0.3, -0.25) is 9.59 Å². The summed E-state index contributed by atoms with van der Waals surface area (Å²) in [5, 5.41) is 2.88. The van der Waals surface area contributed by atoms with Crippen molar-refractivity contribution in [2.75, 3.05) is 36.4 Å². The Balaban J connectivity index is 1.87. The zero-order valence-corrected chi connectivity index (χ0v) is 15.0. The smallest absolute Gasteiger partial charge is 0.243 e. The molecule has 1 N–H and O–H groups in total. The first-order valence-electron chi connectivity index (χ1n) is 8.86. The van der Waals surface area contributed by atoms with Gasteiger partial charge in [0.25, 0.3) is 0 Å². The second-order valence-corrected chi connectivity index (χ2v) is 6.91. The van der Waals surface area contributed by atoms with E-state index in [1.165, 1.54) is 25.5 Å². The SMILES string of the molecule is CC(=O)N(CCC(C)C)CC(=O)Nc1ccc(N2CCCC2)cc1. The van der Waals surface area contributed by atoms with Crippen molar-refractivity contribution in [3.63, 3.8) is 0 Å². The Morgan fingerprint density at radius 3 is 2.33 bits per heavy atom. The number of carbonyl (C=O) groups is 2. The summed E-state index contributed by atoms with van der Waals surface area (Å²) in [6, 6.07) is 7.94. The van der Waals surface area contributed by atoms with Crippen molar-refractivity contribution in [3.05, 3.63) is 24.3 Å². The Morgan fingerprint density at radius 1 is 1.17 bits per heavy atom. The van der Waals surface area contributed by atoms with Crippen LogP contribution in [0, 0.1) is 5.92 Å². The third-order valence-electron chi connectivity index (χ3n) is 4.38. The van der Waals surface area contributed by atoms with E-state index in [0.29, 0.717) is 12.5 Å². The number of hydrogen-bond donors (Lipinski definition) is 1. The summed E-state index contributed by atoms with van der Waals surface area (Å²) in [4.78, 5) is 27.8. The molecule has 1 aliphatic rings. The number of benzene rings is 1. The van der Waals surface area contributed by atoms with Crippen molar-refractivity contribution in [3.8, 4) is 0 Å². The molecule has 1 fully saturated rings. The number of nitrogens with zero attached hydrogens (tertiary/aromatic N) is 2. The predicted octanol–water partition coefficient (Wildman–Crippen LogP) is 3.12. The highest BCUT2D eigenvalue weighted by Gasteiger charge is 2.15. The average molecular weight is 331 g/mol. The van der Waals surface area contributed by atoms with E-state index >= 15 is 0 Å². The summed E-state index contributed by atoms with van der Waals surface area (Å²) in [6.07, 6.45) is 3.39. The molecule has 0 aromatic heterocycles. The van der Waals surface area contributed by atoms with E-state index in [2.05, 4.69) is 24.1 Å². The topological polar surface area (TPSA) is 52.7 Å². The first kappa shape index (κ1) is 18.3. The molecule has 0 bridgehead atoms. The van der Waals surface area contributed by atoms with Crippen LogP contribution in [-0.2, 0) is 9.59 Å². The van der Waals surface area contributed by atoms with Gasteiger partial charge in [0, 0.05) is 37.9 Å². The highest BCUT2D eigenvalue weighted by Crippen LogP contribution is 2.22. The van der Waals surface area contributed by atoms with Crippen LogP contribution in [0.4, 0.5) is 11.4 Å². The number of anilines is 2. The van der Waals surface area contributed by atoms with Crippen LogP contribution in [0.25, 0.3) is 0 Å². The summed E-state index contributed by atoms with van der Waals surface area (Å²) in [5.74, 6) is 0.297. The molecule has 1 heterocycles. The Hall–Kier alpha value is -2.04. The number of hydrogen-bond acceptors (Lipinski definition) is 3. The molecule has 2 amide bonds. The fourth-order valence-electron chi connectivity index (χ4n) is 2.87. The summed E-state index contributed by atoms with van der Waals surface area (Å²) >= 11 is 0. The van der Waals surface area contributed by atoms with Crippen molar-refractivity contribution in [1.29, 1.82) is 0 Å². The van der Waals surface area contributed by atoms with Crippen LogP contribution in [0.15, 0.2) is 24.3 Å². The molecule has 1 aromatic carbocycles. The maximum atomic E-state index is 12.2. The van der Waals surface area contributed by atoms with Crippen LogP contribution in [0.2, 0.25) is 0 Å². The molecule has 0 aliphatic carbocycles. The lowest BCUT2D eigenvalue weighted by Crippen LogP contribution is -2.37. The van der Waals surface area contributed by atoms with Crippen molar-refractivity contribution in [2.24, 2.45) is 5.92 Å². The van der Waals surface area contributed by atoms with E-state index in [0.717, 1.165) is 25.2 Å². The molecule has 1 aromatic rings. The second kappa shape index (κ2) is 8.71. The highest BCUT2D eigenvalue weighted by atomic mass is 16.2. The Kier molecular flexibility index (Phi) is 6.64. The third-order valence-corrected chi connectivity index (χ3v) is 4.38. The van der Waals surface area contributed by atoms with Gasteiger partial charge in [0.2, 0.25) is 11.8 Å². The quantitative estimate of drug-likeness (QED) is 0.835. The van der Waals surface area contributed by atoms with Gasteiger partial charge in [0.1, 0.15) is 0 Å². The number of carbonyl (C=O) groups excluding carboxylic acids is 2. The Bertz CT molecular complexity index is 548. The lowest BCUT2D eigenvalue weighted by molar-refractivity contribution is -0.132. The molecule has 2 rings (SSSR count). The highest BCUT2D eigenvalue weighted by molar-refractivity contribution is 5.94. The lowest BCUT2D eigenvalue weighted by atomic mass is 10.1. The van der Waals surface area contributed by atoms with Crippen molar-refractivity contribution in [2.45, 2.75) is 40.0 Å². The fourth-order valence-corrected chi connectivity index (χ4v) is 2.87. The molecule has 5 nitrogen and oxygen atoms in total. The zero-order chi connectivity index (χ0) is 17.5. The number of amides is 2. The van der Waals surface area contributed by atoms with Crippen LogP contribution < -0.4 is 10.2 Å². The van der Waals surface area contributed by atoms with Crippen molar-refractivity contribution >= 4 is 23.2 Å². The van der Waals surface area contributed by atoms with E-state index < -0.39 is 0 Å². The summed E-state index contributed by atoms with van der Waals surface area (Å²) in [6.45, 7) is 8.67. The molecule has 0 atom stereocenters. The zero-order valence-electron chi connectivity index (χ0n) is 15.0. The standard InChI is InChI=1S/C19H29N3O2/c1-15(2)10-13-22(16(3)23)14-19(24)20-17-6-8-18(9-7-17)21-11-4-5-12-21/h6-9,15H,4-5,10-14H2,1-3H3,(H,20,24). The van der Waals surface area contributed by atoms with E-state index in [9.17, 15) is 9.59 Å². The van der Waals surface area contributed by atoms with Gasteiger partial charge in [-0.25, -0.2) is 0 Å². The maximum absolute atomic E-state index is 12.2. The summed E-state index contributed by atoms with van der Waals surface area (Å²) in [7, 11) is 0. The molecule has 24 heavy (non-hydrogen) atoms. The Morgan fingerprint density at radius 2 is 1.79 bits per heavy atom. The molecule has 0 radical (unpaired) electrons. The van der Waals surface area contributed by atoms with Gasteiger partial charge in [0.05, 0.1) is 6.54 Å². The van der Waals surface area contributed by atoms with Gasteiger partial charge in [-0.2, -0.15) is 0 Å². The maximum Gasteiger partial charge on any atom is 0.243 e. The predicted molar refractivity (Wildman–Crippen MR) is 98.2 cm³/mol. The van der Waals surface area contributed by atoms with Crippen LogP contribution in [0.1, 0.15) is 40.0 Å².